The molecule has 1 heterocycles. The second kappa shape index (κ2) is 10.7. The number of nitrogens with zero attached hydrogens (tertiary/aromatic N) is 1. The molecule has 1 unspecified atom stereocenters. The SMILES string of the molecule is CCC(C)NC(=O)c1ccccc1NC(=O)c1ccc(OCc2c(C)noc2C)c(OC)c1. The number of rotatable bonds is 9. The highest BCUT2D eigenvalue weighted by molar-refractivity contribution is 6.09. The number of aryl methyl sites for hydroxylation is 2. The van der Waals surface area contributed by atoms with Gasteiger partial charge in [-0.2, -0.15) is 0 Å². The third-order valence-electron chi connectivity index (χ3n) is 5.39. The summed E-state index contributed by atoms with van der Waals surface area (Å²) in [6.07, 6.45) is 0.810. The predicted octanol–water partition coefficient (Wildman–Crippen LogP) is 4.66. The number of benzene rings is 2. The minimum atomic E-state index is -0.366. The molecule has 8 heteroatoms. The number of anilines is 1. The number of aromatic nitrogens is 1. The Hall–Kier alpha value is -3.81. The van der Waals surface area contributed by atoms with Crippen LogP contribution >= 0.6 is 0 Å². The summed E-state index contributed by atoms with van der Waals surface area (Å²) in [5.74, 6) is 0.994. The quantitative estimate of drug-likeness (QED) is 0.491. The zero-order valence-corrected chi connectivity index (χ0v) is 19.5. The summed E-state index contributed by atoms with van der Waals surface area (Å²) in [6.45, 7) is 7.86. The van der Waals surface area contributed by atoms with Gasteiger partial charge in [0.15, 0.2) is 11.5 Å². The van der Waals surface area contributed by atoms with E-state index in [0.29, 0.717) is 34.1 Å². The summed E-state index contributed by atoms with van der Waals surface area (Å²) in [5, 5.41) is 9.66. The van der Waals surface area contributed by atoms with Crippen LogP contribution in [0.25, 0.3) is 0 Å². The Morgan fingerprint density at radius 2 is 1.85 bits per heavy atom. The Morgan fingerprint density at radius 3 is 2.52 bits per heavy atom. The minimum Gasteiger partial charge on any atom is -0.493 e. The van der Waals surface area contributed by atoms with Crippen molar-refractivity contribution in [3.63, 3.8) is 0 Å². The fourth-order valence-corrected chi connectivity index (χ4v) is 3.17. The number of hydrogen-bond donors (Lipinski definition) is 2. The van der Waals surface area contributed by atoms with Crippen LogP contribution in [0.1, 0.15) is 58.0 Å². The number of ether oxygens (including phenoxy) is 2. The smallest absolute Gasteiger partial charge is 0.255 e. The van der Waals surface area contributed by atoms with Gasteiger partial charge in [0.25, 0.3) is 11.8 Å². The fourth-order valence-electron chi connectivity index (χ4n) is 3.17. The first-order valence-electron chi connectivity index (χ1n) is 10.8. The van der Waals surface area contributed by atoms with Crippen molar-refractivity contribution >= 4 is 17.5 Å². The Balaban J connectivity index is 1.75. The molecule has 0 spiro atoms. The van der Waals surface area contributed by atoms with Crippen LogP contribution in [0.5, 0.6) is 11.5 Å². The summed E-state index contributed by atoms with van der Waals surface area (Å²) >= 11 is 0. The van der Waals surface area contributed by atoms with E-state index < -0.39 is 0 Å². The second-order valence-corrected chi connectivity index (χ2v) is 7.74. The summed E-state index contributed by atoms with van der Waals surface area (Å²) < 4.78 is 16.5. The van der Waals surface area contributed by atoms with Crippen LogP contribution in [0.3, 0.4) is 0 Å². The molecule has 2 N–H and O–H groups in total. The lowest BCUT2D eigenvalue weighted by Crippen LogP contribution is -2.32. The number of carbonyl (C=O) groups is 2. The maximum Gasteiger partial charge on any atom is 0.255 e. The largest absolute Gasteiger partial charge is 0.493 e. The Labute approximate surface area is 193 Å². The second-order valence-electron chi connectivity index (χ2n) is 7.74. The van der Waals surface area contributed by atoms with Gasteiger partial charge in [0.05, 0.1) is 29.6 Å². The summed E-state index contributed by atoms with van der Waals surface area (Å²) in [7, 11) is 1.51. The van der Waals surface area contributed by atoms with E-state index in [1.807, 2.05) is 27.7 Å². The molecule has 2 amide bonds. The molecular formula is C25H29N3O5. The van der Waals surface area contributed by atoms with Gasteiger partial charge in [-0.05, 0) is 57.5 Å². The van der Waals surface area contributed by atoms with Gasteiger partial charge in [-0.25, -0.2) is 0 Å². The molecule has 0 aliphatic heterocycles. The molecule has 2 aromatic carbocycles. The zero-order chi connectivity index (χ0) is 24.0. The molecule has 0 aliphatic carbocycles. The normalized spacial score (nSPS) is 11.5. The van der Waals surface area contributed by atoms with E-state index in [-0.39, 0.29) is 24.5 Å². The van der Waals surface area contributed by atoms with E-state index >= 15 is 0 Å². The number of nitrogens with one attached hydrogen (secondary N) is 2. The van der Waals surface area contributed by atoms with Gasteiger partial charge in [0, 0.05) is 11.6 Å². The lowest BCUT2D eigenvalue weighted by Gasteiger charge is -2.15. The van der Waals surface area contributed by atoms with E-state index in [9.17, 15) is 9.59 Å². The molecule has 3 aromatic rings. The Bertz CT molecular complexity index is 1120. The monoisotopic (exact) mass is 451 g/mol. The van der Waals surface area contributed by atoms with Crippen LogP contribution in [-0.4, -0.2) is 30.1 Å². The van der Waals surface area contributed by atoms with E-state index in [1.54, 1.807) is 42.5 Å². The van der Waals surface area contributed by atoms with Crippen molar-refractivity contribution in [1.29, 1.82) is 0 Å². The molecule has 1 atom stereocenters. The summed E-state index contributed by atoms with van der Waals surface area (Å²) in [5.41, 5.74) is 2.83. The van der Waals surface area contributed by atoms with Crippen LogP contribution in [0.15, 0.2) is 47.0 Å². The molecular weight excluding hydrogens is 422 g/mol. The minimum absolute atomic E-state index is 0.0310. The average molecular weight is 452 g/mol. The molecule has 33 heavy (non-hydrogen) atoms. The number of amides is 2. The fraction of sp³-hybridized carbons (Fsp3) is 0.320. The van der Waals surface area contributed by atoms with Crippen molar-refractivity contribution in [2.24, 2.45) is 0 Å². The third-order valence-corrected chi connectivity index (χ3v) is 5.39. The number of hydrogen-bond acceptors (Lipinski definition) is 6. The van der Waals surface area contributed by atoms with E-state index in [0.717, 1.165) is 17.7 Å². The first-order valence-corrected chi connectivity index (χ1v) is 10.8. The van der Waals surface area contributed by atoms with Gasteiger partial charge in [-0.3, -0.25) is 9.59 Å². The van der Waals surface area contributed by atoms with Crippen molar-refractivity contribution in [3.05, 3.63) is 70.6 Å². The van der Waals surface area contributed by atoms with Gasteiger partial charge in [-0.15, -0.1) is 0 Å². The van der Waals surface area contributed by atoms with Gasteiger partial charge >= 0.3 is 0 Å². The van der Waals surface area contributed by atoms with Gasteiger partial charge in [0.2, 0.25) is 0 Å². The van der Waals surface area contributed by atoms with Crippen LogP contribution < -0.4 is 20.1 Å². The van der Waals surface area contributed by atoms with E-state index in [4.69, 9.17) is 14.0 Å². The van der Waals surface area contributed by atoms with Crippen molar-refractivity contribution < 1.29 is 23.6 Å². The molecule has 3 rings (SSSR count). The predicted molar refractivity (Wildman–Crippen MR) is 125 cm³/mol. The highest BCUT2D eigenvalue weighted by atomic mass is 16.5. The third kappa shape index (κ3) is 5.71. The standard InChI is InChI=1S/C25H29N3O5/c1-6-15(2)26-25(30)19-9-7-8-10-21(19)27-24(29)18-11-12-22(23(13-18)31-5)32-14-20-16(3)28-33-17(20)4/h7-13,15H,6,14H2,1-5H3,(H,26,30)(H,27,29). The van der Waals surface area contributed by atoms with Crippen LogP contribution in [0.4, 0.5) is 5.69 Å². The molecule has 0 fully saturated rings. The lowest BCUT2D eigenvalue weighted by molar-refractivity contribution is 0.0940. The highest BCUT2D eigenvalue weighted by Gasteiger charge is 2.17. The van der Waals surface area contributed by atoms with Crippen LogP contribution in [0.2, 0.25) is 0 Å². The molecule has 0 radical (unpaired) electrons. The first-order chi connectivity index (χ1) is 15.8. The summed E-state index contributed by atoms with van der Waals surface area (Å²) in [4.78, 5) is 25.5. The Kier molecular flexibility index (Phi) is 7.71. The number of carbonyl (C=O) groups excluding carboxylic acids is 2. The summed E-state index contributed by atoms with van der Waals surface area (Å²) in [6, 6.07) is 11.8. The van der Waals surface area contributed by atoms with Gasteiger partial charge < -0.3 is 24.6 Å². The van der Waals surface area contributed by atoms with Gasteiger partial charge in [-0.1, -0.05) is 24.2 Å². The molecule has 1 aromatic heterocycles. The topological polar surface area (TPSA) is 103 Å². The molecule has 0 aliphatic rings. The van der Waals surface area contributed by atoms with E-state index in [2.05, 4.69) is 15.8 Å². The van der Waals surface area contributed by atoms with Crippen molar-refractivity contribution in [2.75, 3.05) is 12.4 Å². The van der Waals surface area contributed by atoms with E-state index in [1.165, 1.54) is 7.11 Å². The van der Waals surface area contributed by atoms with Crippen molar-refractivity contribution in [1.82, 2.24) is 10.5 Å². The van der Waals surface area contributed by atoms with Crippen LogP contribution in [-0.2, 0) is 6.61 Å². The highest BCUT2D eigenvalue weighted by Crippen LogP contribution is 2.30. The molecule has 0 bridgehead atoms. The maximum atomic E-state index is 12.9. The molecule has 0 saturated heterocycles. The van der Waals surface area contributed by atoms with Crippen molar-refractivity contribution in [3.8, 4) is 11.5 Å². The molecule has 174 valence electrons. The zero-order valence-electron chi connectivity index (χ0n) is 19.5. The Morgan fingerprint density at radius 1 is 1.09 bits per heavy atom. The maximum absolute atomic E-state index is 12.9. The lowest BCUT2D eigenvalue weighted by atomic mass is 10.1. The average Bonchev–Trinajstić information content (AvgIpc) is 3.14. The van der Waals surface area contributed by atoms with Gasteiger partial charge in [0.1, 0.15) is 12.4 Å². The number of methoxy groups -OCH3 is 1. The molecule has 0 saturated carbocycles. The number of para-hydroxylation sites is 1. The molecule has 8 nitrogen and oxygen atoms in total. The first kappa shape index (κ1) is 23.8. The van der Waals surface area contributed by atoms with Crippen molar-refractivity contribution in [2.45, 2.75) is 46.8 Å². The van der Waals surface area contributed by atoms with Crippen LogP contribution in [0, 0.1) is 13.8 Å².